The monoisotopic (exact) mass is 305 g/mol. The lowest BCUT2D eigenvalue weighted by Crippen LogP contribution is -2.60. The first-order valence-electron chi connectivity index (χ1n) is 7.39. The standard InChI is InChI=1S/C16H19NO5/c1-21-12-3-4-13-10(8-12)7-11(9-22-13)14(18)17-16(15(19)20)5-2-6-16/h3-4,8,11H,2,5-7,9H2,1H3,(H,17,18)(H,19,20). The van der Waals surface area contributed by atoms with Gasteiger partial charge in [0.15, 0.2) is 0 Å². The van der Waals surface area contributed by atoms with E-state index in [1.807, 2.05) is 18.2 Å². The number of benzene rings is 1. The van der Waals surface area contributed by atoms with Crippen molar-refractivity contribution in [3.8, 4) is 11.5 Å². The first kappa shape index (κ1) is 14.7. The summed E-state index contributed by atoms with van der Waals surface area (Å²) in [6.07, 6.45) is 2.33. The molecule has 1 saturated carbocycles. The lowest BCUT2D eigenvalue weighted by Gasteiger charge is -2.39. The van der Waals surface area contributed by atoms with E-state index >= 15 is 0 Å². The smallest absolute Gasteiger partial charge is 0.329 e. The Balaban J connectivity index is 1.71. The zero-order valence-electron chi connectivity index (χ0n) is 12.4. The third-order valence-electron chi connectivity index (χ3n) is 4.52. The van der Waals surface area contributed by atoms with Crippen molar-refractivity contribution < 1.29 is 24.2 Å². The number of ether oxygens (including phenoxy) is 2. The molecule has 1 atom stereocenters. The van der Waals surface area contributed by atoms with Gasteiger partial charge in [-0.3, -0.25) is 4.79 Å². The van der Waals surface area contributed by atoms with Crippen molar-refractivity contribution in [3.63, 3.8) is 0 Å². The topological polar surface area (TPSA) is 84.9 Å². The molecule has 0 bridgehead atoms. The van der Waals surface area contributed by atoms with Gasteiger partial charge in [-0.1, -0.05) is 0 Å². The number of methoxy groups -OCH3 is 1. The lowest BCUT2D eigenvalue weighted by molar-refractivity contribution is -0.152. The summed E-state index contributed by atoms with van der Waals surface area (Å²) < 4.78 is 10.8. The van der Waals surface area contributed by atoms with Crippen molar-refractivity contribution in [2.24, 2.45) is 5.92 Å². The summed E-state index contributed by atoms with van der Waals surface area (Å²) in [6, 6.07) is 5.49. The summed E-state index contributed by atoms with van der Waals surface area (Å²) in [6.45, 7) is 0.265. The van der Waals surface area contributed by atoms with Crippen LogP contribution in [0.3, 0.4) is 0 Å². The van der Waals surface area contributed by atoms with Crippen LogP contribution in [-0.4, -0.2) is 36.2 Å². The van der Waals surface area contributed by atoms with Crippen LogP contribution in [0.5, 0.6) is 11.5 Å². The van der Waals surface area contributed by atoms with Crippen molar-refractivity contribution in [1.29, 1.82) is 0 Å². The molecule has 0 radical (unpaired) electrons. The summed E-state index contributed by atoms with van der Waals surface area (Å²) in [7, 11) is 1.59. The second-order valence-corrected chi connectivity index (χ2v) is 5.92. The fourth-order valence-electron chi connectivity index (χ4n) is 2.93. The second-order valence-electron chi connectivity index (χ2n) is 5.92. The predicted molar refractivity (Wildman–Crippen MR) is 78.0 cm³/mol. The van der Waals surface area contributed by atoms with Crippen LogP contribution in [0.15, 0.2) is 18.2 Å². The Morgan fingerprint density at radius 2 is 2.18 bits per heavy atom. The Hall–Kier alpha value is -2.24. The molecule has 0 saturated heterocycles. The minimum absolute atomic E-state index is 0.254. The second kappa shape index (κ2) is 5.51. The van der Waals surface area contributed by atoms with E-state index in [1.54, 1.807) is 7.11 Å². The number of fused-ring (bicyclic) bond motifs is 1. The highest BCUT2D eigenvalue weighted by Gasteiger charge is 2.46. The van der Waals surface area contributed by atoms with Crippen molar-refractivity contribution >= 4 is 11.9 Å². The van der Waals surface area contributed by atoms with Crippen LogP contribution in [0.2, 0.25) is 0 Å². The van der Waals surface area contributed by atoms with Crippen molar-refractivity contribution in [2.75, 3.05) is 13.7 Å². The third-order valence-corrected chi connectivity index (χ3v) is 4.52. The van der Waals surface area contributed by atoms with Gasteiger partial charge < -0.3 is 19.9 Å². The Morgan fingerprint density at radius 1 is 1.41 bits per heavy atom. The summed E-state index contributed by atoms with van der Waals surface area (Å²) in [5.41, 5.74) is -0.171. The van der Waals surface area contributed by atoms with Crippen molar-refractivity contribution in [1.82, 2.24) is 5.32 Å². The number of carbonyl (C=O) groups excluding carboxylic acids is 1. The molecule has 6 nitrogen and oxygen atoms in total. The zero-order chi connectivity index (χ0) is 15.7. The van der Waals surface area contributed by atoms with Crippen LogP contribution >= 0.6 is 0 Å². The quantitative estimate of drug-likeness (QED) is 0.877. The Labute approximate surface area is 128 Å². The van der Waals surface area contributed by atoms with Gasteiger partial charge in [0.2, 0.25) is 5.91 Å². The highest BCUT2D eigenvalue weighted by Crippen LogP contribution is 2.34. The highest BCUT2D eigenvalue weighted by molar-refractivity contribution is 5.89. The fraction of sp³-hybridized carbons (Fsp3) is 0.500. The van der Waals surface area contributed by atoms with E-state index in [1.165, 1.54) is 0 Å². The molecule has 1 unspecified atom stereocenters. The maximum Gasteiger partial charge on any atom is 0.329 e. The SMILES string of the molecule is COc1ccc2c(c1)CC(C(=O)NC1(C(=O)O)CCC1)CO2. The average Bonchev–Trinajstić information content (AvgIpc) is 2.49. The van der Waals surface area contributed by atoms with Crippen LogP contribution in [-0.2, 0) is 16.0 Å². The number of amides is 1. The van der Waals surface area contributed by atoms with Gasteiger partial charge in [0, 0.05) is 0 Å². The van der Waals surface area contributed by atoms with Crippen LogP contribution in [0.25, 0.3) is 0 Å². The molecule has 6 heteroatoms. The van der Waals surface area contributed by atoms with E-state index in [-0.39, 0.29) is 18.4 Å². The van der Waals surface area contributed by atoms with Crippen LogP contribution in [0.1, 0.15) is 24.8 Å². The van der Waals surface area contributed by atoms with Crippen LogP contribution in [0, 0.1) is 5.92 Å². The largest absolute Gasteiger partial charge is 0.497 e. The van der Waals surface area contributed by atoms with Crippen LogP contribution in [0.4, 0.5) is 0 Å². The van der Waals surface area contributed by atoms with Gasteiger partial charge in [0.1, 0.15) is 23.6 Å². The highest BCUT2D eigenvalue weighted by atomic mass is 16.5. The van der Waals surface area contributed by atoms with E-state index in [4.69, 9.17) is 9.47 Å². The maximum absolute atomic E-state index is 12.4. The normalized spacial score (nSPS) is 21.8. The van der Waals surface area contributed by atoms with E-state index in [0.29, 0.717) is 25.0 Å². The summed E-state index contributed by atoms with van der Waals surface area (Å²) in [5.74, 6) is -0.122. The van der Waals surface area contributed by atoms with E-state index < -0.39 is 11.5 Å². The molecule has 2 N–H and O–H groups in total. The molecule has 1 aromatic carbocycles. The molecule has 2 aliphatic rings. The molecule has 1 fully saturated rings. The van der Waals surface area contributed by atoms with E-state index in [0.717, 1.165) is 17.7 Å². The molecular weight excluding hydrogens is 286 g/mol. The Kier molecular flexibility index (Phi) is 3.68. The molecule has 22 heavy (non-hydrogen) atoms. The van der Waals surface area contributed by atoms with Gasteiger partial charge in [0.25, 0.3) is 0 Å². The van der Waals surface area contributed by atoms with Gasteiger partial charge in [-0.2, -0.15) is 0 Å². The van der Waals surface area contributed by atoms with E-state index in [9.17, 15) is 14.7 Å². The predicted octanol–water partition coefficient (Wildman–Crippen LogP) is 1.37. The van der Waals surface area contributed by atoms with Gasteiger partial charge in [0.05, 0.1) is 13.0 Å². The summed E-state index contributed by atoms with van der Waals surface area (Å²) in [4.78, 5) is 23.7. The van der Waals surface area contributed by atoms with Gasteiger partial charge in [-0.15, -0.1) is 0 Å². The van der Waals surface area contributed by atoms with Gasteiger partial charge in [-0.05, 0) is 49.4 Å². The molecule has 118 valence electrons. The first-order chi connectivity index (χ1) is 10.5. The molecule has 1 aromatic rings. The first-order valence-corrected chi connectivity index (χ1v) is 7.39. The van der Waals surface area contributed by atoms with Gasteiger partial charge in [-0.25, -0.2) is 4.79 Å². The van der Waals surface area contributed by atoms with E-state index in [2.05, 4.69) is 5.32 Å². The number of carboxylic acid groups (broad SMARTS) is 1. The molecule has 1 heterocycles. The van der Waals surface area contributed by atoms with Crippen LogP contribution < -0.4 is 14.8 Å². The van der Waals surface area contributed by atoms with Crippen molar-refractivity contribution in [3.05, 3.63) is 23.8 Å². The number of nitrogens with one attached hydrogen (secondary N) is 1. The van der Waals surface area contributed by atoms with Crippen molar-refractivity contribution in [2.45, 2.75) is 31.2 Å². The third kappa shape index (κ3) is 2.49. The minimum atomic E-state index is -1.08. The molecular formula is C16H19NO5. The fourth-order valence-corrected chi connectivity index (χ4v) is 2.93. The average molecular weight is 305 g/mol. The van der Waals surface area contributed by atoms with Gasteiger partial charge >= 0.3 is 5.97 Å². The number of carboxylic acids is 1. The maximum atomic E-state index is 12.4. The Morgan fingerprint density at radius 3 is 2.77 bits per heavy atom. The zero-order valence-corrected chi connectivity index (χ0v) is 12.4. The molecule has 1 aliphatic heterocycles. The summed E-state index contributed by atoms with van der Waals surface area (Å²) >= 11 is 0. The minimum Gasteiger partial charge on any atom is -0.497 e. The number of aliphatic carboxylic acids is 1. The number of carbonyl (C=O) groups is 2. The molecule has 0 spiro atoms. The Bertz CT molecular complexity index is 609. The number of hydrogen-bond acceptors (Lipinski definition) is 4. The molecule has 3 rings (SSSR count). The molecule has 1 amide bonds. The number of rotatable bonds is 4. The molecule has 1 aliphatic carbocycles. The lowest BCUT2D eigenvalue weighted by atomic mass is 9.76. The molecule has 0 aromatic heterocycles. The number of hydrogen-bond donors (Lipinski definition) is 2. The summed E-state index contributed by atoms with van der Waals surface area (Å²) in [5, 5.41) is 12.0.